The maximum absolute atomic E-state index is 13.9. The van der Waals surface area contributed by atoms with Crippen LogP contribution in [0.25, 0.3) is 0 Å². The van der Waals surface area contributed by atoms with Gasteiger partial charge < -0.3 is 186 Å². The Morgan fingerprint density at radius 2 is 0.559 bits per heavy atom. The number of rotatable bonds is 77. The average Bonchev–Trinajstić information content (AvgIpc) is 0.819. The topological polar surface area (TPSA) is 680 Å². The maximum Gasteiger partial charge on any atom is 0.469 e. The van der Waals surface area contributed by atoms with Crippen molar-refractivity contribution in [3.05, 3.63) is 0 Å². The minimum absolute atomic E-state index is 0.0116. The van der Waals surface area contributed by atoms with E-state index in [1.165, 1.54) is 0 Å². The minimum atomic E-state index is -4.91. The fourth-order valence-corrected chi connectivity index (χ4v) is 12.1. The van der Waals surface area contributed by atoms with Crippen LogP contribution in [0.5, 0.6) is 0 Å². The molecule has 0 radical (unpaired) electrons. The smallest absolute Gasteiger partial charge is 0.394 e. The second kappa shape index (κ2) is 65.0. The fourth-order valence-electron chi connectivity index (χ4n) is 11.1. The van der Waals surface area contributed by atoms with E-state index in [4.69, 9.17) is 129 Å². The van der Waals surface area contributed by atoms with Gasteiger partial charge in [-0.3, -0.25) is 32.7 Å². The summed E-state index contributed by atoms with van der Waals surface area (Å²) in [7, 11) is -14.7. The molecule has 2 amide bonds. The molecule has 696 valence electrons. The van der Waals surface area contributed by atoms with Crippen LogP contribution in [0.3, 0.4) is 0 Å². The van der Waals surface area contributed by atoms with Gasteiger partial charge in [-0.2, -0.15) is 0 Å². The standard InChI is InChI=1S/C67H127N2O46P3/c70-12-17-97-22-19-94-14-6-49(72)44-67(7-3-48(71)2-1-13-93-18-23-98-26-29-101-32-35-104-38-41-107-64-61(81)58(78)55(75)50(113-64)45-110-116(84,85)86,8-4-53(73)68-10-15-95-20-24-99-27-30-102-33-36-105-39-42-108-65-62(82)59(79)56(76)51(114-65)46-111-117(87,88)89)9-5-54(74)69-11-16-96-21-25-100-28-31-103-34-37-106-40-43-109-66-63(83)60(80)57(77)52(115-66)47-112-118(90,91)92/h50-52,55-66,70,75-83H,1-47H2,(H,68,73)(H,69,74)(H2,84,85,86)(H2,87,88,89)(H2,90,91,92). The third-order valence-corrected chi connectivity index (χ3v) is 18.8. The van der Waals surface area contributed by atoms with Crippen LogP contribution in [0.4, 0.5) is 0 Å². The van der Waals surface area contributed by atoms with E-state index in [-0.39, 0.29) is 306 Å². The van der Waals surface area contributed by atoms with Gasteiger partial charge in [-0.05, 0) is 31.1 Å². The van der Waals surface area contributed by atoms with E-state index in [0.29, 0.717) is 6.42 Å². The first-order valence-electron chi connectivity index (χ1n) is 38.7. The van der Waals surface area contributed by atoms with Crippen LogP contribution in [-0.2, 0) is 141 Å². The molecular formula is C67H127N2O46P3. The Morgan fingerprint density at radius 1 is 0.297 bits per heavy atom. The number of hydrogen-bond acceptors (Lipinski definition) is 40. The summed E-state index contributed by atoms with van der Waals surface area (Å²) in [5, 5.41) is 106. The number of Topliss-reactive ketones (excluding diaryl/α,β-unsaturated/α-hetero) is 2. The van der Waals surface area contributed by atoms with Crippen LogP contribution in [0.15, 0.2) is 0 Å². The molecule has 3 rings (SSSR count). The molecule has 3 saturated heterocycles. The summed E-state index contributed by atoms with van der Waals surface area (Å²) in [6.45, 7) is 1.90. The lowest BCUT2D eigenvalue weighted by atomic mass is 9.71. The summed E-state index contributed by atoms with van der Waals surface area (Å²) in [5.41, 5.74) is -1.00. The number of nitrogens with one attached hydrogen (secondary N) is 2. The predicted octanol–water partition coefficient (Wildman–Crippen LogP) is -6.73. The summed E-state index contributed by atoms with van der Waals surface area (Å²) in [6, 6.07) is 0. The van der Waals surface area contributed by atoms with Crippen LogP contribution in [-0.4, -0.2) is 440 Å². The second-order valence-corrected chi connectivity index (χ2v) is 30.3. The maximum atomic E-state index is 13.9. The molecule has 3 aliphatic rings. The summed E-state index contributed by atoms with van der Waals surface area (Å²) in [4.78, 5) is 108. The Kier molecular flexibility index (Phi) is 60.4. The minimum Gasteiger partial charge on any atom is -0.394 e. The molecule has 3 aliphatic heterocycles. The highest BCUT2D eigenvalue weighted by atomic mass is 31.2. The Bertz CT molecular complexity index is 2480. The van der Waals surface area contributed by atoms with Gasteiger partial charge in [-0.25, -0.2) is 13.7 Å². The molecule has 0 spiro atoms. The molecule has 51 heteroatoms. The Morgan fingerprint density at radius 3 is 0.856 bits per heavy atom. The predicted molar refractivity (Wildman–Crippen MR) is 395 cm³/mol. The third-order valence-electron chi connectivity index (χ3n) is 17.4. The van der Waals surface area contributed by atoms with E-state index in [2.05, 4.69) is 24.2 Å². The molecule has 18 N–H and O–H groups in total. The Labute approximate surface area is 683 Å². The number of amides is 2. The van der Waals surface area contributed by atoms with E-state index in [0.717, 1.165) is 0 Å². The second-order valence-electron chi connectivity index (χ2n) is 26.6. The van der Waals surface area contributed by atoms with Crippen molar-refractivity contribution in [3.8, 4) is 0 Å². The number of carbonyl (C=O) groups excluding carboxylic acids is 4. The third kappa shape index (κ3) is 53.0. The number of ketones is 2. The van der Waals surface area contributed by atoms with E-state index < -0.39 is 141 Å². The molecule has 3 fully saturated rings. The van der Waals surface area contributed by atoms with Crippen molar-refractivity contribution in [2.75, 3.05) is 244 Å². The monoisotopic (exact) mass is 1790 g/mol. The molecule has 0 aromatic heterocycles. The molecule has 0 bridgehead atoms. The summed E-state index contributed by atoms with van der Waals surface area (Å²) >= 11 is 0. The van der Waals surface area contributed by atoms with Gasteiger partial charge in [0.15, 0.2) is 18.9 Å². The SMILES string of the molecule is O=C(CCCOCCOCCOCCOCCOC1OC(COP(=O)(O)O)C(O)C(O)C1O)CCC(CCC(=O)NCCOCCOCCOCCOCCOC1OC(COP(=O)(O)O)C(O)C(O)C1O)(CCC(=O)NCCOCCOCCOCCOCCOC1OC(COP(=O)(O)O)C(O)C(O)C1O)CC(=O)CCOCCOCCO. The van der Waals surface area contributed by atoms with Crippen molar-refractivity contribution in [2.45, 2.75) is 156 Å². The summed E-state index contributed by atoms with van der Waals surface area (Å²) < 4.78 is 155. The molecule has 0 aliphatic carbocycles. The van der Waals surface area contributed by atoms with Crippen LogP contribution >= 0.6 is 23.5 Å². The van der Waals surface area contributed by atoms with Crippen molar-refractivity contribution < 1.29 is 222 Å². The molecule has 15 unspecified atom stereocenters. The quantitative estimate of drug-likeness (QED) is 0.0199. The van der Waals surface area contributed by atoms with Gasteiger partial charge >= 0.3 is 23.5 Å². The number of hydrogen-bond donors (Lipinski definition) is 18. The summed E-state index contributed by atoms with van der Waals surface area (Å²) in [5.74, 6) is -1.08. The number of aliphatic hydroxyl groups is 10. The molecule has 15 atom stereocenters. The van der Waals surface area contributed by atoms with Crippen LogP contribution in [0.2, 0.25) is 0 Å². The number of carbonyl (C=O) groups is 4. The fraction of sp³-hybridized carbons (Fsp3) is 0.940. The van der Waals surface area contributed by atoms with Crippen LogP contribution < -0.4 is 10.6 Å². The Balaban J connectivity index is 1.42. The lowest BCUT2D eigenvalue weighted by Crippen LogP contribution is -2.59. The number of aliphatic hydroxyl groups excluding tert-OH is 10. The van der Waals surface area contributed by atoms with Crippen molar-refractivity contribution in [2.24, 2.45) is 5.41 Å². The zero-order chi connectivity index (χ0) is 86.9. The largest absolute Gasteiger partial charge is 0.469 e. The number of ether oxygens (including phenoxy) is 20. The molecule has 0 aromatic carbocycles. The molecule has 118 heavy (non-hydrogen) atoms. The van der Waals surface area contributed by atoms with Crippen LogP contribution in [0.1, 0.15) is 64.2 Å². The lowest BCUT2D eigenvalue weighted by Gasteiger charge is -2.40. The van der Waals surface area contributed by atoms with Gasteiger partial charge in [0.2, 0.25) is 11.8 Å². The molecule has 48 nitrogen and oxygen atoms in total. The van der Waals surface area contributed by atoms with Gasteiger partial charge in [-0.1, -0.05) is 0 Å². The summed E-state index contributed by atoms with van der Waals surface area (Å²) in [6.07, 6.45) is -23.2. The lowest BCUT2D eigenvalue weighted by molar-refractivity contribution is -0.301. The highest BCUT2D eigenvalue weighted by Crippen LogP contribution is 2.42. The van der Waals surface area contributed by atoms with E-state index in [1.54, 1.807) is 0 Å². The number of phosphoric acid groups is 3. The molecular weight excluding hydrogens is 1660 g/mol. The van der Waals surface area contributed by atoms with Crippen molar-refractivity contribution in [1.29, 1.82) is 0 Å². The average molecular weight is 1790 g/mol. The number of phosphoric ester groups is 3. The van der Waals surface area contributed by atoms with E-state index in [9.17, 15) is 78.8 Å². The van der Waals surface area contributed by atoms with Gasteiger partial charge in [0.05, 0.1) is 225 Å². The first kappa shape index (κ1) is 110. The van der Waals surface area contributed by atoms with E-state index >= 15 is 0 Å². The normalized spacial score (nSPS) is 24.5. The first-order valence-corrected chi connectivity index (χ1v) is 43.2. The van der Waals surface area contributed by atoms with Gasteiger partial charge in [0.1, 0.15) is 84.8 Å². The van der Waals surface area contributed by atoms with Gasteiger partial charge in [0.25, 0.3) is 0 Å². The van der Waals surface area contributed by atoms with E-state index in [1.807, 2.05) is 0 Å². The van der Waals surface area contributed by atoms with Crippen LogP contribution in [0, 0.1) is 5.41 Å². The highest BCUT2D eigenvalue weighted by Gasteiger charge is 2.48. The molecule has 0 aromatic rings. The highest BCUT2D eigenvalue weighted by molar-refractivity contribution is 7.46. The zero-order valence-corrected chi connectivity index (χ0v) is 68.8. The molecule has 3 heterocycles. The van der Waals surface area contributed by atoms with Gasteiger partial charge in [-0.15, -0.1) is 0 Å². The van der Waals surface area contributed by atoms with Crippen molar-refractivity contribution in [3.63, 3.8) is 0 Å². The molecule has 0 saturated carbocycles. The van der Waals surface area contributed by atoms with Crippen molar-refractivity contribution in [1.82, 2.24) is 10.6 Å². The van der Waals surface area contributed by atoms with Gasteiger partial charge in [0, 0.05) is 58.2 Å². The Hall–Kier alpha value is -2.59. The zero-order valence-electron chi connectivity index (χ0n) is 66.1. The van der Waals surface area contributed by atoms with Crippen molar-refractivity contribution >= 4 is 46.8 Å². The first-order chi connectivity index (χ1) is 56.4.